The molecule has 23 heavy (non-hydrogen) atoms. The molecule has 2 atom stereocenters. The van der Waals surface area contributed by atoms with Crippen molar-refractivity contribution < 1.29 is 24.2 Å². The van der Waals surface area contributed by atoms with Crippen molar-refractivity contribution in [3.63, 3.8) is 0 Å². The lowest BCUT2D eigenvalue weighted by atomic mass is 10.1. The number of ether oxygens (including phenoxy) is 2. The van der Waals surface area contributed by atoms with Gasteiger partial charge in [0.1, 0.15) is 0 Å². The van der Waals surface area contributed by atoms with Gasteiger partial charge in [0.25, 0.3) is 5.91 Å². The number of amides is 1. The zero-order chi connectivity index (χ0) is 16.8. The average molecular weight is 321 g/mol. The summed E-state index contributed by atoms with van der Waals surface area (Å²) in [7, 11) is 0. The summed E-state index contributed by atoms with van der Waals surface area (Å²) in [4.78, 5) is 23.3. The van der Waals surface area contributed by atoms with Crippen molar-refractivity contribution in [3.8, 4) is 11.5 Å². The van der Waals surface area contributed by atoms with Gasteiger partial charge in [-0.3, -0.25) is 9.59 Å². The van der Waals surface area contributed by atoms with Gasteiger partial charge in [0.05, 0.1) is 19.1 Å². The maximum atomic E-state index is 12.3. The van der Waals surface area contributed by atoms with E-state index in [1.165, 1.54) is 0 Å². The molecule has 2 rings (SSSR count). The quantitative estimate of drug-likeness (QED) is 0.806. The van der Waals surface area contributed by atoms with Crippen LogP contribution in [-0.4, -0.2) is 36.2 Å². The predicted molar refractivity (Wildman–Crippen MR) is 85.0 cm³/mol. The maximum absolute atomic E-state index is 12.3. The molecule has 0 saturated heterocycles. The minimum absolute atomic E-state index is 0.0919. The summed E-state index contributed by atoms with van der Waals surface area (Å²) in [5.41, 5.74) is 0.482. The number of carbonyl (C=O) groups excluding carboxylic acids is 1. The smallest absolute Gasteiger partial charge is 0.306 e. The minimum Gasteiger partial charge on any atom is -0.490 e. The molecule has 6 nitrogen and oxygen atoms in total. The molecule has 0 bridgehead atoms. The van der Waals surface area contributed by atoms with E-state index in [1.54, 1.807) is 18.2 Å². The molecule has 1 fully saturated rings. The standard InChI is InChI=1S/C17H23NO5/c1-3-22-14-8-6-11(10-15(14)23-4-2)16(19)18-13-7-5-12(9-13)17(20)21/h6,8,10,12-13H,3-5,7,9H2,1-2H3,(H,18,19)(H,20,21)/t12-,13+/m0/s1. The highest BCUT2D eigenvalue weighted by molar-refractivity contribution is 5.95. The first-order chi connectivity index (χ1) is 11.0. The van der Waals surface area contributed by atoms with Gasteiger partial charge < -0.3 is 19.9 Å². The Balaban J connectivity index is 2.04. The number of nitrogens with one attached hydrogen (secondary N) is 1. The largest absolute Gasteiger partial charge is 0.490 e. The second-order valence-corrected chi connectivity index (χ2v) is 5.55. The van der Waals surface area contributed by atoms with E-state index in [4.69, 9.17) is 14.6 Å². The van der Waals surface area contributed by atoms with E-state index >= 15 is 0 Å². The molecule has 0 heterocycles. The van der Waals surface area contributed by atoms with Gasteiger partial charge in [-0.25, -0.2) is 0 Å². The summed E-state index contributed by atoms with van der Waals surface area (Å²) >= 11 is 0. The number of hydrogen-bond donors (Lipinski definition) is 2. The van der Waals surface area contributed by atoms with Crippen molar-refractivity contribution in [2.45, 2.75) is 39.2 Å². The molecule has 1 aliphatic rings. The monoisotopic (exact) mass is 321 g/mol. The third kappa shape index (κ3) is 4.37. The van der Waals surface area contributed by atoms with E-state index in [-0.39, 0.29) is 17.9 Å². The van der Waals surface area contributed by atoms with Gasteiger partial charge in [-0.15, -0.1) is 0 Å². The lowest BCUT2D eigenvalue weighted by Gasteiger charge is -2.15. The van der Waals surface area contributed by atoms with Crippen molar-refractivity contribution in [1.82, 2.24) is 5.32 Å². The zero-order valence-corrected chi connectivity index (χ0v) is 13.5. The van der Waals surface area contributed by atoms with Crippen LogP contribution in [0.3, 0.4) is 0 Å². The number of carboxylic acid groups (broad SMARTS) is 1. The summed E-state index contributed by atoms with van der Waals surface area (Å²) < 4.78 is 11.0. The Morgan fingerprint density at radius 1 is 1.17 bits per heavy atom. The molecule has 0 unspecified atom stereocenters. The first-order valence-corrected chi connectivity index (χ1v) is 7.98. The highest BCUT2D eigenvalue weighted by Crippen LogP contribution is 2.29. The Labute approximate surface area is 135 Å². The third-order valence-electron chi connectivity index (χ3n) is 3.92. The Hall–Kier alpha value is -2.24. The van der Waals surface area contributed by atoms with Crippen LogP contribution in [0.4, 0.5) is 0 Å². The van der Waals surface area contributed by atoms with Gasteiger partial charge >= 0.3 is 5.97 Å². The summed E-state index contributed by atoms with van der Waals surface area (Å²) in [5, 5.41) is 11.9. The first kappa shape index (κ1) is 17.1. The molecular weight excluding hydrogens is 298 g/mol. The van der Waals surface area contributed by atoms with Crippen LogP contribution in [0.25, 0.3) is 0 Å². The van der Waals surface area contributed by atoms with Crippen LogP contribution in [0.1, 0.15) is 43.5 Å². The van der Waals surface area contributed by atoms with E-state index in [0.717, 1.165) is 0 Å². The molecule has 1 aromatic carbocycles. The van der Waals surface area contributed by atoms with Gasteiger partial charge in [0.2, 0.25) is 0 Å². The van der Waals surface area contributed by atoms with Gasteiger partial charge in [-0.2, -0.15) is 0 Å². The SMILES string of the molecule is CCOc1ccc(C(=O)N[C@@H]2CC[C@H](C(=O)O)C2)cc1OCC. The number of carbonyl (C=O) groups is 2. The molecular formula is C17H23NO5. The fourth-order valence-corrected chi connectivity index (χ4v) is 2.80. The molecule has 0 aliphatic heterocycles. The molecule has 1 aliphatic carbocycles. The van der Waals surface area contributed by atoms with Gasteiger partial charge in [0.15, 0.2) is 11.5 Å². The highest BCUT2D eigenvalue weighted by Gasteiger charge is 2.30. The minimum atomic E-state index is -0.790. The molecule has 0 aromatic heterocycles. The first-order valence-electron chi connectivity index (χ1n) is 7.98. The topological polar surface area (TPSA) is 84.9 Å². The molecule has 1 saturated carbocycles. The number of benzene rings is 1. The van der Waals surface area contributed by atoms with Crippen LogP contribution in [0.5, 0.6) is 11.5 Å². The molecule has 0 spiro atoms. The van der Waals surface area contributed by atoms with Crippen LogP contribution in [-0.2, 0) is 4.79 Å². The molecule has 0 radical (unpaired) electrons. The van der Waals surface area contributed by atoms with Gasteiger partial charge in [-0.05, 0) is 51.3 Å². The van der Waals surface area contributed by atoms with E-state index < -0.39 is 5.97 Å². The molecule has 2 N–H and O–H groups in total. The summed E-state index contributed by atoms with van der Waals surface area (Å²) in [6.45, 7) is 4.75. The lowest BCUT2D eigenvalue weighted by Crippen LogP contribution is -2.33. The Kier molecular flexibility index (Phi) is 5.84. The van der Waals surface area contributed by atoms with E-state index in [0.29, 0.717) is 49.5 Å². The normalized spacial score (nSPS) is 20.1. The molecule has 126 valence electrons. The van der Waals surface area contributed by atoms with Gasteiger partial charge in [0, 0.05) is 11.6 Å². The third-order valence-corrected chi connectivity index (χ3v) is 3.92. The van der Waals surface area contributed by atoms with Crippen molar-refractivity contribution in [3.05, 3.63) is 23.8 Å². The number of carboxylic acids is 1. The molecule has 6 heteroatoms. The van der Waals surface area contributed by atoms with Crippen LogP contribution >= 0.6 is 0 Å². The summed E-state index contributed by atoms with van der Waals surface area (Å²) in [6.07, 6.45) is 1.78. The fourth-order valence-electron chi connectivity index (χ4n) is 2.80. The second kappa shape index (κ2) is 7.85. The van der Waals surface area contributed by atoms with E-state index in [1.807, 2.05) is 13.8 Å². The average Bonchev–Trinajstić information content (AvgIpc) is 2.98. The zero-order valence-electron chi connectivity index (χ0n) is 13.5. The molecule has 1 aromatic rings. The number of hydrogen-bond acceptors (Lipinski definition) is 4. The van der Waals surface area contributed by atoms with E-state index in [2.05, 4.69) is 5.32 Å². The Morgan fingerprint density at radius 2 is 1.87 bits per heavy atom. The number of rotatable bonds is 7. The van der Waals surface area contributed by atoms with Crippen LogP contribution in [0.2, 0.25) is 0 Å². The Bertz CT molecular complexity index is 572. The van der Waals surface area contributed by atoms with Crippen LogP contribution in [0.15, 0.2) is 18.2 Å². The summed E-state index contributed by atoms with van der Waals surface area (Å²) in [5.74, 6) is -0.222. The highest BCUT2D eigenvalue weighted by atomic mass is 16.5. The summed E-state index contributed by atoms with van der Waals surface area (Å²) in [6, 6.07) is 4.98. The maximum Gasteiger partial charge on any atom is 0.306 e. The van der Waals surface area contributed by atoms with Crippen molar-refractivity contribution in [1.29, 1.82) is 0 Å². The van der Waals surface area contributed by atoms with Crippen LogP contribution in [0, 0.1) is 5.92 Å². The second-order valence-electron chi connectivity index (χ2n) is 5.55. The van der Waals surface area contributed by atoms with Crippen molar-refractivity contribution >= 4 is 11.9 Å². The molecule has 1 amide bonds. The number of aliphatic carboxylic acids is 1. The van der Waals surface area contributed by atoms with Gasteiger partial charge in [-0.1, -0.05) is 0 Å². The van der Waals surface area contributed by atoms with Crippen molar-refractivity contribution in [2.75, 3.05) is 13.2 Å². The predicted octanol–water partition coefficient (Wildman–Crippen LogP) is 2.47. The van der Waals surface area contributed by atoms with Crippen molar-refractivity contribution in [2.24, 2.45) is 5.92 Å². The van der Waals surface area contributed by atoms with Crippen LogP contribution < -0.4 is 14.8 Å². The van der Waals surface area contributed by atoms with E-state index in [9.17, 15) is 9.59 Å². The lowest BCUT2D eigenvalue weighted by molar-refractivity contribution is -0.141. The fraction of sp³-hybridized carbons (Fsp3) is 0.529. The Morgan fingerprint density at radius 3 is 2.48 bits per heavy atom.